The molecular weight excluding hydrogens is 510 g/mol. The molecule has 0 aliphatic carbocycles. The lowest BCUT2D eigenvalue weighted by Gasteiger charge is -2.33. The Morgan fingerprint density at radius 2 is 1.73 bits per heavy atom. The van der Waals surface area contributed by atoms with Gasteiger partial charge in [-0.15, -0.1) is 0 Å². The molecule has 9 nitrogen and oxygen atoms in total. The molecule has 2 saturated heterocycles. The van der Waals surface area contributed by atoms with E-state index in [4.69, 9.17) is 9.47 Å². The number of nitrogens with one attached hydrogen (secondary N) is 1. The van der Waals surface area contributed by atoms with Crippen molar-refractivity contribution in [3.05, 3.63) is 64.7 Å². The predicted molar refractivity (Wildman–Crippen MR) is 148 cm³/mol. The second-order valence-corrected chi connectivity index (χ2v) is 11.8. The highest BCUT2D eigenvalue weighted by Crippen LogP contribution is 2.34. The molecule has 40 heavy (non-hydrogen) atoms. The van der Waals surface area contributed by atoms with Gasteiger partial charge in [-0.1, -0.05) is 30.3 Å². The Hall–Kier alpha value is -3.88. The molecule has 2 fully saturated rings. The minimum absolute atomic E-state index is 0.211. The van der Waals surface area contributed by atoms with Crippen molar-refractivity contribution < 1.29 is 28.7 Å². The zero-order valence-corrected chi connectivity index (χ0v) is 23.4. The fourth-order valence-electron chi connectivity index (χ4n) is 5.65. The average molecular weight is 548 g/mol. The lowest BCUT2D eigenvalue weighted by molar-refractivity contribution is -0.132. The van der Waals surface area contributed by atoms with Gasteiger partial charge in [-0.3, -0.25) is 19.7 Å². The second-order valence-electron chi connectivity index (χ2n) is 11.8. The lowest BCUT2D eigenvalue weighted by Crippen LogP contribution is -2.46. The maximum atomic E-state index is 13.1. The van der Waals surface area contributed by atoms with Gasteiger partial charge in [0.1, 0.15) is 24.0 Å². The third-order valence-corrected chi connectivity index (χ3v) is 7.77. The molecule has 0 radical (unpaired) electrons. The van der Waals surface area contributed by atoms with Gasteiger partial charge >= 0.3 is 6.09 Å². The molecule has 0 saturated carbocycles. The van der Waals surface area contributed by atoms with E-state index < -0.39 is 17.6 Å². The van der Waals surface area contributed by atoms with Gasteiger partial charge in [0.25, 0.3) is 5.91 Å². The molecule has 0 aromatic heterocycles. The number of fused-ring (bicyclic) bond motifs is 1. The predicted octanol–water partition coefficient (Wildman–Crippen LogP) is 4.53. The van der Waals surface area contributed by atoms with Crippen LogP contribution in [0.25, 0.3) is 0 Å². The Bertz CT molecular complexity index is 1290. The highest BCUT2D eigenvalue weighted by molar-refractivity contribution is 6.04. The fraction of sp³-hybridized carbons (Fsp3) is 0.484. The van der Waals surface area contributed by atoms with Crippen LogP contribution >= 0.6 is 0 Å². The molecule has 3 aliphatic rings. The van der Waals surface area contributed by atoms with E-state index in [9.17, 15) is 19.2 Å². The van der Waals surface area contributed by atoms with Crippen molar-refractivity contribution in [2.24, 2.45) is 0 Å². The number of ether oxygens (including phenoxy) is 2. The second kappa shape index (κ2) is 11.3. The minimum Gasteiger partial charge on any atom is -0.489 e. The summed E-state index contributed by atoms with van der Waals surface area (Å²) >= 11 is 0. The van der Waals surface area contributed by atoms with Crippen LogP contribution in [-0.2, 0) is 27.5 Å². The Kier molecular flexibility index (Phi) is 7.83. The monoisotopic (exact) mass is 547 g/mol. The number of hydrogen-bond donors (Lipinski definition) is 1. The Labute approximate surface area is 234 Å². The molecule has 212 valence electrons. The average Bonchev–Trinajstić information content (AvgIpc) is 3.15. The largest absolute Gasteiger partial charge is 0.489 e. The van der Waals surface area contributed by atoms with E-state index >= 15 is 0 Å². The topological polar surface area (TPSA) is 105 Å². The molecule has 1 N–H and O–H groups in total. The number of piperidine rings is 1. The van der Waals surface area contributed by atoms with Crippen LogP contribution in [0.4, 0.5) is 4.79 Å². The van der Waals surface area contributed by atoms with E-state index in [2.05, 4.69) is 29.6 Å². The summed E-state index contributed by atoms with van der Waals surface area (Å²) in [7, 11) is 0. The number of nitrogens with zero attached hydrogens (tertiary/aromatic N) is 2. The summed E-state index contributed by atoms with van der Waals surface area (Å²) in [4.78, 5) is 53.1. The van der Waals surface area contributed by atoms with Gasteiger partial charge in [0.05, 0.1) is 6.54 Å². The number of carbonyl (C=O) groups is 4. The first-order valence-corrected chi connectivity index (χ1v) is 14.0. The Morgan fingerprint density at radius 1 is 1.00 bits per heavy atom. The van der Waals surface area contributed by atoms with Crippen LogP contribution in [0.3, 0.4) is 0 Å². The van der Waals surface area contributed by atoms with Crippen molar-refractivity contribution in [1.82, 2.24) is 15.1 Å². The van der Waals surface area contributed by atoms with E-state index in [1.807, 2.05) is 26.8 Å². The third-order valence-electron chi connectivity index (χ3n) is 7.77. The van der Waals surface area contributed by atoms with Crippen LogP contribution in [-0.4, -0.2) is 58.3 Å². The third kappa shape index (κ3) is 6.13. The number of amides is 4. The zero-order chi connectivity index (χ0) is 28.4. The maximum Gasteiger partial charge on any atom is 0.410 e. The van der Waals surface area contributed by atoms with Crippen molar-refractivity contribution in [1.29, 1.82) is 0 Å². The maximum absolute atomic E-state index is 13.1. The summed E-state index contributed by atoms with van der Waals surface area (Å²) < 4.78 is 11.7. The molecule has 1 atom stereocenters. The van der Waals surface area contributed by atoms with Gasteiger partial charge < -0.3 is 19.3 Å². The van der Waals surface area contributed by atoms with Crippen molar-refractivity contribution in [3.63, 3.8) is 0 Å². The number of likely N-dealkylation sites (tertiary alicyclic amines) is 1. The van der Waals surface area contributed by atoms with Gasteiger partial charge in [-0.05, 0) is 75.6 Å². The lowest BCUT2D eigenvalue weighted by atomic mass is 9.89. The standard InChI is InChI=1S/C31H37N3O6/c1-31(2,3)40-30(38)33-16-14-22(15-17-33)21-12-10-20(11-13-21)19-39-26-8-4-6-23-24(26)18-34(29(23)37)25-7-5-9-27(35)32-28(25)36/h4,6,8,10-13,22,25H,5,7,9,14-19H2,1-3H3,(H,32,35,36). The normalized spacial score (nSPS) is 20.2. The van der Waals surface area contributed by atoms with Crippen LogP contribution in [0.15, 0.2) is 42.5 Å². The number of hydrogen-bond acceptors (Lipinski definition) is 6. The van der Waals surface area contributed by atoms with Crippen LogP contribution < -0.4 is 10.1 Å². The number of benzene rings is 2. The zero-order valence-electron chi connectivity index (χ0n) is 23.4. The van der Waals surface area contributed by atoms with E-state index in [1.54, 1.807) is 21.9 Å². The van der Waals surface area contributed by atoms with E-state index in [1.165, 1.54) is 5.56 Å². The summed E-state index contributed by atoms with van der Waals surface area (Å²) in [6.45, 7) is 7.62. The van der Waals surface area contributed by atoms with Gasteiger partial charge in [-0.2, -0.15) is 0 Å². The van der Waals surface area contributed by atoms with Gasteiger partial charge in [0.2, 0.25) is 11.8 Å². The van der Waals surface area contributed by atoms with Gasteiger partial charge in [0, 0.05) is 30.6 Å². The van der Waals surface area contributed by atoms with Crippen molar-refractivity contribution >= 4 is 23.8 Å². The molecule has 9 heteroatoms. The van der Waals surface area contributed by atoms with Crippen LogP contribution in [0.1, 0.15) is 85.8 Å². The number of imide groups is 1. The van der Waals surface area contributed by atoms with Gasteiger partial charge in [0.15, 0.2) is 0 Å². The first-order valence-electron chi connectivity index (χ1n) is 14.0. The Balaban J connectivity index is 1.18. The summed E-state index contributed by atoms with van der Waals surface area (Å²) in [6.07, 6.45) is 2.84. The molecular formula is C31H37N3O6. The van der Waals surface area contributed by atoms with Crippen molar-refractivity contribution in [2.75, 3.05) is 13.1 Å². The smallest absolute Gasteiger partial charge is 0.410 e. The van der Waals surface area contributed by atoms with Crippen molar-refractivity contribution in [3.8, 4) is 5.75 Å². The molecule has 2 aromatic rings. The molecule has 4 amide bonds. The SMILES string of the molecule is CC(C)(C)OC(=O)N1CCC(c2ccc(COc3cccc4c3CN(C3CCCC(=O)NC3=O)C4=O)cc2)CC1. The van der Waals surface area contributed by atoms with E-state index in [0.29, 0.717) is 49.8 Å². The summed E-state index contributed by atoms with van der Waals surface area (Å²) in [6, 6.07) is 13.1. The Morgan fingerprint density at radius 3 is 2.42 bits per heavy atom. The van der Waals surface area contributed by atoms with Crippen molar-refractivity contribution in [2.45, 2.75) is 83.6 Å². The van der Waals surface area contributed by atoms with Crippen LogP contribution in [0.5, 0.6) is 5.75 Å². The van der Waals surface area contributed by atoms with Crippen LogP contribution in [0.2, 0.25) is 0 Å². The first kappa shape index (κ1) is 27.7. The summed E-state index contributed by atoms with van der Waals surface area (Å²) in [5, 5.41) is 2.39. The molecule has 0 spiro atoms. The first-order chi connectivity index (χ1) is 19.1. The van der Waals surface area contributed by atoms with E-state index in [0.717, 1.165) is 24.0 Å². The van der Waals surface area contributed by atoms with Crippen LogP contribution in [0, 0.1) is 0 Å². The fourth-order valence-corrected chi connectivity index (χ4v) is 5.65. The minimum atomic E-state index is -0.664. The molecule has 0 bridgehead atoms. The molecule has 3 aliphatic heterocycles. The summed E-state index contributed by atoms with van der Waals surface area (Å²) in [5.74, 6) is 0.0910. The number of carbonyl (C=O) groups excluding carboxylic acids is 4. The van der Waals surface area contributed by atoms with E-state index in [-0.39, 0.29) is 30.9 Å². The highest BCUT2D eigenvalue weighted by Gasteiger charge is 2.39. The quantitative estimate of drug-likeness (QED) is 0.552. The molecule has 1 unspecified atom stereocenters. The molecule has 2 aromatic carbocycles. The van der Waals surface area contributed by atoms with Gasteiger partial charge in [-0.25, -0.2) is 4.79 Å². The molecule has 5 rings (SSSR count). The highest BCUT2D eigenvalue weighted by atomic mass is 16.6. The number of rotatable bonds is 5. The molecule has 3 heterocycles. The summed E-state index contributed by atoms with van der Waals surface area (Å²) in [5.41, 5.74) is 3.07.